The van der Waals surface area contributed by atoms with Crippen molar-refractivity contribution in [2.24, 2.45) is 7.05 Å². The van der Waals surface area contributed by atoms with Gasteiger partial charge in [-0.2, -0.15) is 0 Å². The molecule has 1 N–H and O–H groups in total. The second-order valence-electron chi connectivity index (χ2n) is 4.27. The third-order valence-electron chi connectivity index (χ3n) is 2.99. The largest absolute Gasteiger partial charge is 0.378 e. The summed E-state index contributed by atoms with van der Waals surface area (Å²) >= 11 is 0. The van der Waals surface area contributed by atoms with Crippen LogP contribution >= 0.6 is 0 Å². The van der Waals surface area contributed by atoms with Crippen molar-refractivity contribution < 1.29 is 9.53 Å². The van der Waals surface area contributed by atoms with Crippen molar-refractivity contribution in [1.82, 2.24) is 25.2 Å². The molecule has 1 aliphatic heterocycles. The Morgan fingerprint density at radius 3 is 2.94 bits per heavy atom. The molecule has 0 unspecified atom stereocenters. The van der Waals surface area contributed by atoms with Crippen LogP contribution in [0.15, 0.2) is 6.20 Å². The predicted molar refractivity (Wildman–Crippen MR) is 64.7 cm³/mol. The van der Waals surface area contributed by atoms with E-state index in [1.807, 2.05) is 11.9 Å². The fourth-order valence-electron chi connectivity index (χ4n) is 1.85. The Hall–Kier alpha value is -1.47. The van der Waals surface area contributed by atoms with Gasteiger partial charge in [-0.15, -0.1) is 5.10 Å². The summed E-state index contributed by atoms with van der Waals surface area (Å²) in [7, 11) is 1.85. The Kier molecular flexibility index (Phi) is 4.66. The van der Waals surface area contributed by atoms with Crippen molar-refractivity contribution in [3.05, 3.63) is 11.9 Å². The molecule has 0 aromatic carbocycles. The number of aryl methyl sites for hydroxylation is 1. The van der Waals surface area contributed by atoms with Gasteiger partial charge >= 0.3 is 0 Å². The molecule has 1 amide bonds. The molecule has 1 aromatic rings. The fraction of sp³-hybridized carbons (Fsp3) is 0.727. The SMILES string of the molecule is Cn1nncc1CNCCC(=O)N1CCOCC1. The average Bonchev–Trinajstić information content (AvgIpc) is 2.81. The maximum absolute atomic E-state index is 11.8. The van der Waals surface area contributed by atoms with E-state index in [1.54, 1.807) is 10.9 Å². The van der Waals surface area contributed by atoms with E-state index < -0.39 is 0 Å². The van der Waals surface area contributed by atoms with Gasteiger partial charge in [-0.1, -0.05) is 5.21 Å². The molecule has 0 saturated carbocycles. The van der Waals surface area contributed by atoms with Crippen LogP contribution in [0.25, 0.3) is 0 Å². The molecule has 0 aliphatic carbocycles. The van der Waals surface area contributed by atoms with Gasteiger partial charge in [-0.25, -0.2) is 0 Å². The molecule has 7 nitrogen and oxygen atoms in total. The van der Waals surface area contributed by atoms with Crippen LogP contribution < -0.4 is 5.32 Å². The van der Waals surface area contributed by atoms with Crippen LogP contribution in [0.5, 0.6) is 0 Å². The Labute approximate surface area is 106 Å². The molecule has 1 aromatic heterocycles. The number of hydrogen-bond donors (Lipinski definition) is 1. The minimum atomic E-state index is 0.189. The highest BCUT2D eigenvalue weighted by Gasteiger charge is 2.15. The van der Waals surface area contributed by atoms with Crippen molar-refractivity contribution in [1.29, 1.82) is 0 Å². The summed E-state index contributed by atoms with van der Waals surface area (Å²) in [5.41, 5.74) is 1.01. The maximum atomic E-state index is 11.8. The van der Waals surface area contributed by atoms with E-state index in [0.29, 0.717) is 45.8 Å². The van der Waals surface area contributed by atoms with Gasteiger partial charge in [0.1, 0.15) is 0 Å². The molecular formula is C11H19N5O2. The Bertz CT molecular complexity index is 387. The van der Waals surface area contributed by atoms with Crippen LogP contribution in [0.4, 0.5) is 0 Å². The first-order valence-electron chi connectivity index (χ1n) is 6.17. The number of amides is 1. The van der Waals surface area contributed by atoms with Crippen LogP contribution in [0.1, 0.15) is 12.1 Å². The summed E-state index contributed by atoms with van der Waals surface area (Å²) in [5, 5.41) is 10.9. The van der Waals surface area contributed by atoms with Gasteiger partial charge in [0.05, 0.1) is 25.1 Å². The maximum Gasteiger partial charge on any atom is 0.224 e. The van der Waals surface area contributed by atoms with E-state index in [4.69, 9.17) is 4.74 Å². The van der Waals surface area contributed by atoms with Crippen LogP contribution in [-0.4, -0.2) is 58.6 Å². The second-order valence-corrected chi connectivity index (χ2v) is 4.27. The first-order chi connectivity index (χ1) is 8.77. The number of aromatic nitrogens is 3. The molecule has 2 rings (SSSR count). The van der Waals surface area contributed by atoms with E-state index in [-0.39, 0.29) is 5.91 Å². The minimum absolute atomic E-state index is 0.189. The summed E-state index contributed by atoms with van der Waals surface area (Å²) in [6.07, 6.45) is 2.24. The molecule has 2 heterocycles. The van der Waals surface area contributed by atoms with Crippen LogP contribution in [0, 0.1) is 0 Å². The quantitative estimate of drug-likeness (QED) is 0.692. The number of carbonyl (C=O) groups excluding carboxylic acids is 1. The molecule has 0 spiro atoms. The summed E-state index contributed by atoms with van der Waals surface area (Å²) in [5.74, 6) is 0.189. The minimum Gasteiger partial charge on any atom is -0.378 e. The van der Waals surface area contributed by atoms with Crippen molar-refractivity contribution in [3.8, 4) is 0 Å². The normalized spacial score (nSPS) is 15.9. The van der Waals surface area contributed by atoms with Crippen molar-refractivity contribution in [3.63, 3.8) is 0 Å². The monoisotopic (exact) mass is 253 g/mol. The third-order valence-corrected chi connectivity index (χ3v) is 2.99. The molecule has 1 aliphatic rings. The van der Waals surface area contributed by atoms with Gasteiger partial charge in [0.25, 0.3) is 0 Å². The van der Waals surface area contributed by atoms with E-state index in [1.165, 1.54) is 0 Å². The Morgan fingerprint density at radius 1 is 1.50 bits per heavy atom. The average molecular weight is 253 g/mol. The molecule has 7 heteroatoms. The lowest BCUT2D eigenvalue weighted by molar-refractivity contribution is -0.135. The molecule has 0 radical (unpaired) electrons. The number of hydrogen-bond acceptors (Lipinski definition) is 5. The molecular weight excluding hydrogens is 234 g/mol. The lowest BCUT2D eigenvalue weighted by atomic mass is 10.3. The molecule has 1 fully saturated rings. The highest BCUT2D eigenvalue weighted by atomic mass is 16.5. The number of nitrogens with one attached hydrogen (secondary N) is 1. The zero-order valence-electron chi connectivity index (χ0n) is 10.6. The van der Waals surface area contributed by atoms with Gasteiger partial charge in [0, 0.05) is 39.6 Å². The van der Waals surface area contributed by atoms with E-state index in [0.717, 1.165) is 5.69 Å². The second kappa shape index (κ2) is 6.46. The predicted octanol–water partition coefficient (Wildman–Crippen LogP) is -0.846. The van der Waals surface area contributed by atoms with Crippen molar-refractivity contribution in [2.75, 3.05) is 32.8 Å². The first kappa shape index (κ1) is 13.0. The highest BCUT2D eigenvalue weighted by molar-refractivity contribution is 5.76. The highest BCUT2D eigenvalue weighted by Crippen LogP contribution is 1.99. The Balaban J connectivity index is 1.63. The van der Waals surface area contributed by atoms with Gasteiger partial charge in [0.2, 0.25) is 5.91 Å². The van der Waals surface area contributed by atoms with E-state index >= 15 is 0 Å². The van der Waals surface area contributed by atoms with Gasteiger partial charge in [-0.3, -0.25) is 9.48 Å². The molecule has 18 heavy (non-hydrogen) atoms. The topological polar surface area (TPSA) is 72.3 Å². The zero-order chi connectivity index (χ0) is 12.8. The van der Waals surface area contributed by atoms with Crippen LogP contribution in [0.2, 0.25) is 0 Å². The van der Waals surface area contributed by atoms with Crippen LogP contribution in [0.3, 0.4) is 0 Å². The number of morpholine rings is 1. The van der Waals surface area contributed by atoms with Crippen LogP contribution in [-0.2, 0) is 23.1 Å². The summed E-state index contributed by atoms with van der Waals surface area (Å²) < 4.78 is 6.93. The summed E-state index contributed by atoms with van der Waals surface area (Å²) in [4.78, 5) is 13.7. The summed E-state index contributed by atoms with van der Waals surface area (Å²) in [6, 6.07) is 0. The van der Waals surface area contributed by atoms with E-state index in [9.17, 15) is 4.79 Å². The van der Waals surface area contributed by atoms with E-state index in [2.05, 4.69) is 15.6 Å². The van der Waals surface area contributed by atoms with Crippen molar-refractivity contribution >= 4 is 5.91 Å². The van der Waals surface area contributed by atoms with Gasteiger partial charge in [0.15, 0.2) is 0 Å². The van der Waals surface area contributed by atoms with Crippen molar-refractivity contribution in [2.45, 2.75) is 13.0 Å². The molecule has 100 valence electrons. The summed E-state index contributed by atoms with van der Waals surface area (Å²) in [6.45, 7) is 4.08. The number of nitrogens with zero attached hydrogens (tertiary/aromatic N) is 4. The van der Waals surface area contributed by atoms with Gasteiger partial charge in [-0.05, 0) is 0 Å². The smallest absolute Gasteiger partial charge is 0.224 e. The Morgan fingerprint density at radius 2 is 2.28 bits per heavy atom. The first-order valence-corrected chi connectivity index (χ1v) is 6.17. The third kappa shape index (κ3) is 3.51. The standard InChI is InChI=1S/C11H19N5O2/c1-15-10(9-13-14-15)8-12-3-2-11(17)16-4-6-18-7-5-16/h9,12H,2-8H2,1H3. The molecule has 0 atom stereocenters. The lowest BCUT2D eigenvalue weighted by Crippen LogP contribution is -2.41. The zero-order valence-corrected chi connectivity index (χ0v) is 10.6. The van der Waals surface area contributed by atoms with Gasteiger partial charge < -0.3 is 15.0 Å². The molecule has 1 saturated heterocycles. The fourth-order valence-corrected chi connectivity index (χ4v) is 1.85. The number of rotatable bonds is 5. The lowest BCUT2D eigenvalue weighted by Gasteiger charge is -2.26. The number of ether oxygens (including phenoxy) is 1. The number of carbonyl (C=O) groups is 1. The molecule has 0 bridgehead atoms.